The number of likely N-dealkylation sites (N-methyl/N-ethyl adjacent to an activating group) is 1. The molecule has 2 rings (SSSR count). The smallest absolute Gasteiger partial charge is 0.282 e. The molecule has 3 nitrogen and oxygen atoms in total. The molecule has 0 bridgehead atoms. The highest BCUT2D eigenvalue weighted by Gasteiger charge is 2.22. The zero-order chi connectivity index (χ0) is 16.8. The van der Waals surface area contributed by atoms with Crippen LogP contribution in [0.5, 0.6) is 0 Å². The molecule has 0 heterocycles. The molecule has 0 saturated carbocycles. The molecule has 0 aliphatic carbocycles. The van der Waals surface area contributed by atoms with Gasteiger partial charge in [0, 0.05) is 21.2 Å². The predicted molar refractivity (Wildman–Crippen MR) is 98.4 cm³/mol. The quantitative estimate of drug-likeness (QED) is 0.786. The minimum Gasteiger partial charge on any atom is -0.324 e. The Labute approximate surface area is 147 Å². The summed E-state index contributed by atoms with van der Waals surface area (Å²) < 4.78 is 0. The van der Waals surface area contributed by atoms with E-state index >= 15 is 0 Å². The highest BCUT2D eigenvalue weighted by Crippen LogP contribution is 2.15. The van der Waals surface area contributed by atoms with E-state index in [1.54, 1.807) is 23.9 Å². The lowest BCUT2D eigenvalue weighted by molar-refractivity contribution is -0.907. The van der Waals surface area contributed by atoms with Crippen molar-refractivity contribution in [3.05, 3.63) is 59.1 Å². The van der Waals surface area contributed by atoms with E-state index in [1.165, 1.54) is 10.5 Å². The van der Waals surface area contributed by atoms with E-state index in [9.17, 15) is 4.79 Å². The van der Waals surface area contributed by atoms with E-state index in [1.807, 2.05) is 26.1 Å². The summed E-state index contributed by atoms with van der Waals surface area (Å²) in [6, 6.07) is 15.5. The van der Waals surface area contributed by atoms with Crippen molar-refractivity contribution in [1.29, 1.82) is 0 Å². The van der Waals surface area contributed by atoms with Crippen molar-refractivity contribution in [2.75, 3.05) is 18.6 Å². The van der Waals surface area contributed by atoms with Gasteiger partial charge in [-0.15, -0.1) is 11.8 Å². The molecule has 2 aromatic rings. The van der Waals surface area contributed by atoms with Crippen LogP contribution >= 0.6 is 23.4 Å². The Morgan fingerprint density at radius 2 is 1.78 bits per heavy atom. The SMILES string of the molecule is CSc1ccc(C[NH+](C)[C@@H](C)C(=O)Nc2ccc(Cl)cc2)cc1. The van der Waals surface area contributed by atoms with E-state index in [4.69, 9.17) is 11.6 Å². The fourth-order valence-electron chi connectivity index (χ4n) is 2.23. The summed E-state index contributed by atoms with van der Waals surface area (Å²) in [5, 5.41) is 3.59. The van der Waals surface area contributed by atoms with E-state index in [2.05, 4.69) is 35.8 Å². The second-order valence-electron chi connectivity index (χ2n) is 5.59. The Morgan fingerprint density at radius 3 is 2.35 bits per heavy atom. The average molecular weight is 350 g/mol. The second-order valence-corrected chi connectivity index (χ2v) is 6.91. The van der Waals surface area contributed by atoms with Gasteiger partial charge in [0.1, 0.15) is 6.54 Å². The number of hydrogen-bond donors (Lipinski definition) is 2. The van der Waals surface area contributed by atoms with Crippen molar-refractivity contribution < 1.29 is 9.69 Å². The number of nitrogens with one attached hydrogen (secondary N) is 2. The highest BCUT2D eigenvalue weighted by molar-refractivity contribution is 7.98. The molecule has 5 heteroatoms. The minimum atomic E-state index is -0.147. The van der Waals surface area contributed by atoms with Gasteiger partial charge in [0.2, 0.25) is 0 Å². The normalized spacial score (nSPS) is 13.4. The third-order valence-electron chi connectivity index (χ3n) is 3.89. The van der Waals surface area contributed by atoms with Crippen molar-refractivity contribution in [3.8, 4) is 0 Å². The first-order valence-electron chi connectivity index (χ1n) is 7.51. The number of carbonyl (C=O) groups is 1. The van der Waals surface area contributed by atoms with Gasteiger partial charge in [-0.1, -0.05) is 23.7 Å². The van der Waals surface area contributed by atoms with Gasteiger partial charge in [0.05, 0.1) is 7.05 Å². The monoisotopic (exact) mass is 349 g/mol. The highest BCUT2D eigenvalue weighted by atomic mass is 35.5. The maximum absolute atomic E-state index is 12.4. The van der Waals surface area contributed by atoms with Crippen molar-refractivity contribution in [1.82, 2.24) is 0 Å². The topological polar surface area (TPSA) is 33.5 Å². The number of rotatable bonds is 6. The van der Waals surface area contributed by atoms with Crippen LogP contribution in [0.2, 0.25) is 5.02 Å². The van der Waals surface area contributed by atoms with Gasteiger partial charge in [-0.25, -0.2) is 0 Å². The van der Waals surface area contributed by atoms with Gasteiger partial charge >= 0.3 is 0 Å². The van der Waals surface area contributed by atoms with Crippen LogP contribution in [-0.4, -0.2) is 25.3 Å². The van der Waals surface area contributed by atoms with E-state index in [-0.39, 0.29) is 11.9 Å². The number of anilines is 1. The van der Waals surface area contributed by atoms with Gasteiger partial charge in [-0.2, -0.15) is 0 Å². The second kappa shape index (κ2) is 8.39. The summed E-state index contributed by atoms with van der Waals surface area (Å²) in [7, 11) is 2.04. The predicted octanol–water partition coefficient (Wildman–Crippen LogP) is 3.10. The van der Waals surface area contributed by atoms with Gasteiger partial charge < -0.3 is 10.2 Å². The van der Waals surface area contributed by atoms with E-state index in [0.717, 1.165) is 17.1 Å². The molecule has 0 radical (unpaired) electrons. The van der Waals surface area contributed by atoms with Gasteiger partial charge in [0.25, 0.3) is 5.91 Å². The Hall–Kier alpha value is -1.49. The molecule has 23 heavy (non-hydrogen) atoms. The molecule has 2 N–H and O–H groups in total. The van der Waals surface area contributed by atoms with Crippen LogP contribution in [0.25, 0.3) is 0 Å². The lowest BCUT2D eigenvalue weighted by Gasteiger charge is -2.21. The molecule has 1 amide bonds. The maximum atomic E-state index is 12.4. The number of benzene rings is 2. The van der Waals surface area contributed by atoms with Gasteiger partial charge in [0.15, 0.2) is 6.04 Å². The lowest BCUT2D eigenvalue weighted by Crippen LogP contribution is -3.12. The summed E-state index contributed by atoms with van der Waals surface area (Å²) in [6.45, 7) is 2.75. The first-order valence-corrected chi connectivity index (χ1v) is 9.11. The molecule has 2 aromatic carbocycles. The van der Waals surface area contributed by atoms with Crippen molar-refractivity contribution in [2.45, 2.75) is 24.4 Å². The zero-order valence-corrected chi connectivity index (χ0v) is 15.2. The van der Waals surface area contributed by atoms with Crippen LogP contribution in [0.4, 0.5) is 5.69 Å². The molecular weight excluding hydrogens is 328 g/mol. The molecule has 2 atom stereocenters. The number of carbonyl (C=O) groups excluding carboxylic acids is 1. The fourth-order valence-corrected chi connectivity index (χ4v) is 2.76. The number of hydrogen-bond acceptors (Lipinski definition) is 2. The van der Waals surface area contributed by atoms with Crippen molar-refractivity contribution >= 4 is 35.0 Å². The van der Waals surface area contributed by atoms with Crippen LogP contribution in [0.15, 0.2) is 53.4 Å². The molecule has 0 aliphatic heterocycles. The standard InChI is InChI=1S/C18H21ClN2OS/c1-13(18(22)20-16-8-6-15(19)7-9-16)21(2)12-14-4-10-17(23-3)11-5-14/h4-11,13H,12H2,1-3H3,(H,20,22)/p+1/t13-/m0/s1. The summed E-state index contributed by atoms with van der Waals surface area (Å²) in [5.74, 6) is 0.00514. The van der Waals surface area contributed by atoms with Crippen LogP contribution in [-0.2, 0) is 11.3 Å². The first-order chi connectivity index (χ1) is 11.0. The van der Waals surface area contributed by atoms with Crippen molar-refractivity contribution in [3.63, 3.8) is 0 Å². The fraction of sp³-hybridized carbons (Fsp3) is 0.278. The van der Waals surface area contributed by atoms with Crippen molar-refractivity contribution in [2.24, 2.45) is 0 Å². The Kier molecular flexibility index (Phi) is 6.51. The molecule has 122 valence electrons. The summed E-state index contributed by atoms with van der Waals surface area (Å²) in [5.41, 5.74) is 2.00. The van der Waals surface area contributed by atoms with Crippen LogP contribution in [0, 0.1) is 0 Å². The average Bonchev–Trinajstić information content (AvgIpc) is 2.56. The number of amides is 1. The largest absolute Gasteiger partial charge is 0.324 e. The molecule has 1 unspecified atom stereocenters. The first kappa shape index (κ1) is 17.9. The Balaban J connectivity index is 1.93. The third-order valence-corrected chi connectivity index (χ3v) is 4.88. The summed E-state index contributed by atoms with van der Waals surface area (Å²) in [4.78, 5) is 14.8. The van der Waals surface area contributed by atoms with E-state index < -0.39 is 0 Å². The van der Waals surface area contributed by atoms with Crippen LogP contribution in [0.3, 0.4) is 0 Å². The number of quaternary nitrogens is 1. The Morgan fingerprint density at radius 1 is 1.17 bits per heavy atom. The molecule has 0 saturated heterocycles. The molecule has 0 fully saturated rings. The molecule has 0 aromatic heterocycles. The Bertz CT molecular complexity index is 643. The molecular formula is C18H22ClN2OS+. The van der Waals surface area contributed by atoms with Crippen LogP contribution in [0.1, 0.15) is 12.5 Å². The zero-order valence-electron chi connectivity index (χ0n) is 13.6. The van der Waals surface area contributed by atoms with E-state index in [0.29, 0.717) is 5.02 Å². The number of thioether (sulfide) groups is 1. The van der Waals surface area contributed by atoms with Crippen LogP contribution < -0.4 is 10.2 Å². The lowest BCUT2D eigenvalue weighted by atomic mass is 10.2. The summed E-state index contributed by atoms with van der Waals surface area (Å²) in [6.07, 6.45) is 2.07. The maximum Gasteiger partial charge on any atom is 0.282 e. The third kappa shape index (κ3) is 5.27. The number of halogens is 1. The van der Waals surface area contributed by atoms with Gasteiger partial charge in [-0.3, -0.25) is 4.79 Å². The minimum absolute atomic E-state index is 0.00514. The van der Waals surface area contributed by atoms with Gasteiger partial charge in [-0.05, 0) is 49.6 Å². The molecule has 0 aliphatic rings. The summed E-state index contributed by atoms with van der Waals surface area (Å²) >= 11 is 7.58. The molecule has 0 spiro atoms.